The van der Waals surface area contributed by atoms with Crippen molar-refractivity contribution in [1.82, 2.24) is 5.32 Å². The van der Waals surface area contributed by atoms with Crippen molar-refractivity contribution < 1.29 is 17.9 Å². The fourth-order valence-corrected chi connectivity index (χ4v) is 4.12. The number of halogens is 1. The van der Waals surface area contributed by atoms with E-state index in [4.69, 9.17) is 16.3 Å². The molecule has 0 aliphatic heterocycles. The Morgan fingerprint density at radius 3 is 2.27 bits per heavy atom. The molecule has 3 aromatic rings. The van der Waals surface area contributed by atoms with Crippen molar-refractivity contribution in [3.8, 4) is 5.75 Å². The molecule has 0 unspecified atom stereocenters. The van der Waals surface area contributed by atoms with Crippen molar-refractivity contribution in [3.05, 3.63) is 89.4 Å². The van der Waals surface area contributed by atoms with Crippen molar-refractivity contribution in [1.29, 1.82) is 0 Å². The number of anilines is 1. The van der Waals surface area contributed by atoms with Crippen LogP contribution in [0.2, 0.25) is 5.02 Å². The Hall–Kier alpha value is -3.03. The van der Waals surface area contributed by atoms with E-state index < -0.39 is 10.0 Å². The maximum absolute atomic E-state index is 12.5. The molecule has 2 N–H and O–H groups in total. The Balaban J connectivity index is 1.60. The van der Waals surface area contributed by atoms with Crippen LogP contribution in [0.25, 0.3) is 0 Å². The lowest BCUT2D eigenvalue weighted by atomic mass is 10.1. The summed E-state index contributed by atoms with van der Waals surface area (Å²) in [6, 6.07) is 22.0. The summed E-state index contributed by atoms with van der Waals surface area (Å²) in [6.45, 7) is 1.63. The maximum atomic E-state index is 12.5. The number of hydrogen-bond donors (Lipinski definition) is 2. The molecular weight excluding hydrogens is 424 g/mol. The third-order valence-corrected chi connectivity index (χ3v) is 5.95. The number of sulfonamides is 1. The predicted molar refractivity (Wildman–Crippen MR) is 117 cm³/mol. The van der Waals surface area contributed by atoms with Gasteiger partial charge in [-0.1, -0.05) is 60.1 Å². The number of benzene rings is 3. The number of carbonyl (C=O) groups is 1. The fraction of sp³-hybridized carbons (Fsp3) is 0.136. The lowest BCUT2D eigenvalue weighted by molar-refractivity contribution is -0.123. The number of rotatable bonds is 8. The quantitative estimate of drug-likeness (QED) is 0.539. The lowest BCUT2D eigenvalue weighted by Gasteiger charge is -2.15. The van der Waals surface area contributed by atoms with Gasteiger partial charge in [0.2, 0.25) is 0 Å². The van der Waals surface area contributed by atoms with Gasteiger partial charge >= 0.3 is 0 Å². The number of nitrogens with one attached hydrogen (secondary N) is 2. The number of amides is 1. The van der Waals surface area contributed by atoms with E-state index in [2.05, 4.69) is 10.0 Å². The molecule has 0 fully saturated rings. The highest BCUT2D eigenvalue weighted by atomic mass is 35.5. The van der Waals surface area contributed by atoms with Crippen LogP contribution in [0.1, 0.15) is 18.5 Å². The molecule has 1 amide bonds. The Bertz CT molecular complexity index is 1110. The van der Waals surface area contributed by atoms with Gasteiger partial charge in [-0.05, 0) is 42.8 Å². The van der Waals surface area contributed by atoms with Gasteiger partial charge in [-0.15, -0.1) is 0 Å². The molecule has 0 aliphatic carbocycles. The Kier molecular flexibility index (Phi) is 6.97. The highest BCUT2D eigenvalue weighted by molar-refractivity contribution is 7.92. The lowest BCUT2D eigenvalue weighted by Crippen LogP contribution is -2.31. The largest absolute Gasteiger partial charge is 0.482 e. The van der Waals surface area contributed by atoms with Gasteiger partial charge in [0.05, 0.1) is 16.0 Å². The standard InChI is InChI=1S/C22H21ClN2O4S/c1-16(17-8-4-2-5-9-17)24-22(26)15-29-21-13-12-19(14-20(21)23)30(27,28)25-18-10-6-3-7-11-18/h2-14,16,25H,15H2,1H3,(H,24,26)/t16-/m1/s1. The minimum absolute atomic E-state index is 0.00847. The number of carbonyl (C=O) groups excluding carboxylic acids is 1. The van der Waals surface area contributed by atoms with Crippen LogP contribution in [0, 0.1) is 0 Å². The van der Waals surface area contributed by atoms with Crippen LogP contribution >= 0.6 is 11.6 Å². The molecule has 3 rings (SSSR count). The molecule has 30 heavy (non-hydrogen) atoms. The summed E-state index contributed by atoms with van der Waals surface area (Å²) in [5.74, 6) is -0.0947. The molecule has 6 nitrogen and oxygen atoms in total. The molecule has 0 radical (unpaired) electrons. The average molecular weight is 445 g/mol. The van der Waals surface area contributed by atoms with Gasteiger partial charge in [0, 0.05) is 5.69 Å². The second-order valence-corrected chi connectivity index (χ2v) is 8.64. The zero-order chi connectivity index (χ0) is 21.6. The highest BCUT2D eigenvalue weighted by Crippen LogP contribution is 2.28. The first kappa shape index (κ1) is 21.7. The van der Waals surface area contributed by atoms with Crippen LogP contribution in [-0.2, 0) is 14.8 Å². The topological polar surface area (TPSA) is 84.5 Å². The first-order valence-corrected chi connectivity index (χ1v) is 11.1. The van der Waals surface area contributed by atoms with Crippen molar-refractivity contribution in [2.45, 2.75) is 17.9 Å². The van der Waals surface area contributed by atoms with E-state index in [0.29, 0.717) is 5.69 Å². The van der Waals surface area contributed by atoms with Crippen LogP contribution in [-0.4, -0.2) is 20.9 Å². The Labute approximate surface area is 180 Å². The monoisotopic (exact) mass is 444 g/mol. The Morgan fingerprint density at radius 1 is 1.00 bits per heavy atom. The summed E-state index contributed by atoms with van der Waals surface area (Å²) in [4.78, 5) is 12.1. The molecule has 3 aromatic carbocycles. The number of para-hydroxylation sites is 1. The molecule has 0 spiro atoms. The molecule has 156 valence electrons. The van der Waals surface area contributed by atoms with E-state index in [1.54, 1.807) is 30.3 Å². The number of hydrogen-bond acceptors (Lipinski definition) is 4. The van der Waals surface area contributed by atoms with Gasteiger partial charge in [-0.2, -0.15) is 0 Å². The van der Waals surface area contributed by atoms with E-state index in [-0.39, 0.29) is 34.2 Å². The highest BCUT2D eigenvalue weighted by Gasteiger charge is 2.17. The minimum Gasteiger partial charge on any atom is -0.482 e. The van der Waals surface area contributed by atoms with E-state index in [9.17, 15) is 13.2 Å². The zero-order valence-corrected chi connectivity index (χ0v) is 17.8. The summed E-state index contributed by atoms with van der Waals surface area (Å²) in [5.41, 5.74) is 1.42. The van der Waals surface area contributed by atoms with E-state index in [0.717, 1.165) is 5.56 Å². The molecule has 0 saturated heterocycles. The Morgan fingerprint density at radius 2 is 1.63 bits per heavy atom. The third-order valence-electron chi connectivity index (χ3n) is 4.28. The normalized spacial score (nSPS) is 12.1. The van der Waals surface area contributed by atoms with Gasteiger partial charge in [0.15, 0.2) is 6.61 Å². The molecule has 0 aromatic heterocycles. The third kappa shape index (κ3) is 5.75. The van der Waals surface area contributed by atoms with Gasteiger partial charge in [0.25, 0.3) is 15.9 Å². The molecular formula is C22H21ClN2O4S. The molecule has 0 heterocycles. The van der Waals surface area contributed by atoms with E-state index in [1.807, 2.05) is 37.3 Å². The van der Waals surface area contributed by atoms with Gasteiger partial charge in [-0.25, -0.2) is 8.42 Å². The van der Waals surface area contributed by atoms with Crippen LogP contribution < -0.4 is 14.8 Å². The SMILES string of the molecule is C[C@@H](NC(=O)COc1ccc(S(=O)(=O)Nc2ccccc2)cc1Cl)c1ccccc1. The number of ether oxygens (including phenoxy) is 1. The zero-order valence-electron chi connectivity index (χ0n) is 16.2. The molecule has 0 aliphatic rings. The van der Waals surface area contributed by atoms with Crippen LogP contribution in [0.3, 0.4) is 0 Å². The van der Waals surface area contributed by atoms with Crippen LogP contribution in [0.5, 0.6) is 5.75 Å². The van der Waals surface area contributed by atoms with Gasteiger partial charge in [-0.3, -0.25) is 9.52 Å². The van der Waals surface area contributed by atoms with Crippen molar-refractivity contribution in [3.63, 3.8) is 0 Å². The van der Waals surface area contributed by atoms with Crippen LogP contribution in [0.15, 0.2) is 83.8 Å². The van der Waals surface area contributed by atoms with Gasteiger partial charge < -0.3 is 10.1 Å². The maximum Gasteiger partial charge on any atom is 0.261 e. The van der Waals surface area contributed by atoms with Crippen molar-refractivity contribution in [2.24, 2.45) is 0 Å². The predicted octanol–water partition coefficient (Wildman–Crippen LogP) is 4.40. The summed E-state index contributed by atoms with van der Waals surface area (Å²) >= 11 is 6.17. The summed E-state index contributed by atoms with van der Waals surface area (Å²) < 4.78 is 33.0. The second kappa shape index (κ2) is 9.65. The second-order valence-electron chi connectivity index (χ2n) is 6.55. The molecule has 1 atom stereocenters. The average Bonchev–Trinajstić information content (AvgIpc) is 2.74. The molecule has 8 heteroatoms. The summed E-state index contributed by atoms with van der Waals surface area (Å²) in [7, 11) is -3.80. The first-order valence-electron chi connectivity index (χ1n) is 9.20. The minimum atomic E-state index is -3.80. The van der Waals surface area contributed by atoms with Crippen molar-refractivity contribution >= 4 is 33.2 Å². The first-order chi connectivity index (χ1) is 14.3. The molecule has 0 saturated carbocycles. The van der Waals surface area contributed by atoms with Gasteiger partial charge in [0.1, 0.15) is 5.75 Å². The summed E-state index contributed by atoms with van der Waals surface area (Å²) in [6.07, 6.45) is 0. The fourth-order valence-electron chi connectivity index (χ4n) is 2.74. The van der Waals surface area contributed by atoms with Crippen LogP contribution in [0.4, 0.5) is 5.69 Å². The molecule has 0 bridgehead atoms. The van der Waals surface area contributed by atoms with Crippen molar-refractivity contribution in [2.75, 3.05) is 11.3 Å². The summed E-state index contributed by atoms with van der Waals surface area (Å²) in [5, 5.41) is 2.93. The smallest absolute Gasteiger partial charge is 0.261 e. The van der Waals surface area contributed by atoms with E-state index in [1.165, 1.54) is 18.2 Å². The van der Waals surface area contributed by atoms with E-state index >= 15 is 0 Å².